The van der Waals surface area contributed by atoms with Gasteiger partial charge in [-0.05, 0) is 24.6 Å². The van der Waals surface area contributed by atoms with Gasteiger partial charge >= 0.3 is 0 Å². The van der Waals surface area contributed by atoms with Crippen LogP contribution in [-0.2, 0) is 16.1 Å². The van der Waals surface area contributed by atoms with Crippen molar-refractivity contribution in [3.8, 4) is 17.1 Å². The number of imide groups is 1. The lowest BCUT2D eigenvalue weighted by atomic mass is 10.1. The molecule has 3 aromatic rings. The number of aryl methyl sites for hydroxylation is 1. The first-order valence-electron chi connectivity index (χ1n) is 9.64. The average Bonchev–Trinajstić information content (AvgIpc) is 3.47. The zero-order valence-corrected chi connectivity index (χ0v) is 16.8. The van der Waals surface area contributed by atoms with E-state index >= 15 is 0 Å². The second-order valence-electron chi connectivity index (χ2n) is 7.23. The number of aromatic nitrogens is 2. The van der Waals surface area contributed by atoms with Crippen molar-refractivity contribution in [2.75, 3.05) is 12.0 Å². The predicted molar refractivity (Wildman–Crippen MR) is 108 cm³/mol. The van der Waals surface area contributed by atoms with Crippen molar-refractivity contribution in [2.24, 2.45) is 10.3 Å². The lowest BCUT2D eigenvalue weighted by Gasteiger charge is -2.19. The van der Waals surface area contributed by atoms with E-state index in [1.807, 2.05) is 31.2 Å². The first kappa shape index (κ1) is 18.9. The van der Waals surface area contributed by atoms with Crippen LogP contribution in [0.3, 0.4) is 0 Å². The highest BCUT2D eigenvalue weighted by Gasteiger charge is 2.55. The summed E-state index contributed by atoms with van der Waals surface area (Å²) in [6.07, 6.45) is 0. The van der Waals surface area contributed by atoms with E-state index in [0.717, 1.165) is 16.0 Å². The minimum Gasteiger partial charge on any atom is -0.497 e. The highest BCUT2D eigenvalue weighted by molar-refractivity contribution is 6.25. The Morgan fingerprint density at radius 2 is 1.94 bits per heavy atom. The zero-order valence-electron chi connectivity index (χ0n) is 16.8. The van der Waals surface area contributed by atoms with Crippen LogP contribution in [0.5, 0.6) is 5.75 Å². The van der Waals surface area contributed by atoms with Gasteiger partial charge in [-0.3, -0.25) is 14.6 Å². The molecule has 2 atom stereocenters. The van der Waals surface area contributed by atoms with Crippen molar-refractivity contribution >= 4 is 17.5 Å². The number of amides is 2. The van der Waals surface area contributed by atoms with Gasteiger partial charge in [0.05, 0.1) is 12.8 Å². The van der Waals surface area contributed by atoms with Crippen LogP contribution >= 0.6 is 0 Å². The second kappa shape index (κ2) is 7.31. The van der Waals surface area contributed by atoms with Crippen molar-refractivity contribution in [2.45, 2.75) is 25.6 Å². The lowest BCUT2D eigenvalue weighted by molar-refractivity contribution is -0.123. The average molecular weight is 418 g/mol. The molecule has 0 unspecified atom stereocenters. The first-order chi connectivity index (χ1) is 15.1. The Labute approximate surface area is 177 Å². The van der Waals surface area contributed by atoms with Gasteiger partial charge in [0.2, 0.25) is 11.7 Å². The summed E-state index contributed by atoms with van der Waals surface area (Å²) >= 11 is 0. The van der Waals surface area contributed by atoms with E-state index in [0.29, 0.717) is 17.3 Å². The molecule has 0 N–H and O–H groups in total. The minimum absolute atomic E-state index is 0.0640. The van der Waals surface area contributed by atoms with Gasteiger partial charge in [-0.15, -0.1) is 0 Å². The minimum atomic E-state index is -0.905. The van der Waals surface area contributed by atoms with Crippen molar-refractivity contribution < 1.29 is 18.8 Å². The molecule has 0 aliphatic carbocycles. The standard InChI is InChI=1S/C21H18N6O4/c1-12-6-3-4-9-15(12)19-22-16(31-24-19)11-26-18-17(23-25-26)20(28)27(21(18)29)13-7-5-8-14(10-13)30-2/h3-10,17-18H,11H2,1-2H3/t17-,18+/m0/s1. The molecule has 1 fully saturated rings. The lowest BCUT2D eigenvalue weighted by Crippen LogP contribution is -2.39. The molecule has 0 bridgehead atoms. The third-order valence-electron chi connectivity index (χ3n) is 5.32. The highest BCUT2D eigenvalue weighted by atomic mass is 16.5. The van der Waals surface area contributed by atoms with Crippen LogP contribution in [0.15, 0.2) is 63.4 Å². The molecular weight excluding hydrogens is 400 g/mol. The number of carbonyl (C=O) groups excluding carboxylic acids is 2. The number of rotatable bonds is 5. The summed E-state index contributed by atoms with van der Waals surface area (Å²) in [6, 6.07) is 12.7. The van der Waals surface area contributed by atoms with Crippen LogP contribution in [0, 0.1) is 6.92 Å². The van der Waals surface area contributed by atoms with Crippen molar-refractivity contribution in [1.82, 2.24) is 15.1 Å². The third-order valence-corrected chi connectivity index (χ3v) is 5.32. The van der Waals surface area contributed by atoms with Gasteiger partial charge in [-0.25, -0.2) is 4.90 Å². The number of fused-ring (bicyclic) bond motifs is 1. The molecule has 2 amide bonds. The Hall–Kier alpha value is -4.08. The van der Waals surface area contributed by atoms with E-state index < -0.39 is 23.9 Å². The topological polar surface area (TPSA) is 113 Å². The highest BCUT2D eigenvalue weighted by Crippen LogP contribution is 2.34. The largest absolute Gasteiger partial charge is 0.497 e. The molecular formula is C21H18N6O4. The second-order valence-corrected chi connectivity index (χ2v) is 7.23. The fourth-order valence-corrected chi connectivity index (χ4v) is 3.75. The number of methoxy groups -OCH3 is 1. The molecule has 10 nitrogen and oxygen atoms in total. The van der Waals surface area contributed by atoms with Crippen LogP contribution in [-0.4, -0.2) is 46.2 Å². The summed E-state index contributed by atoms with van der Waals surface area (Å²) < 4.78 is 10.6. The van der Waals surface area contributed by atoms with E-state index in [-0.39, 0.29) is 12.4 Å². The number of anilines is 1. The maximum atomic E-state index is 13.1. The van der Waals surface area contributed by atoms with Crippen LogP contribution in [0.25, 0.3) is 11.4 Å². The number of ether oxygens (including phenoxy) is 1. The number of nitrogens with zero attached hydrogens (tertiary/aromatic N) is 6. The summed E-state index contributed by atoms with van der Waals surface area (Å²) in [5.41, 5.74) is 2.30. The maximum absolute atomic E-state index is 13.1. The van der Waals surface area contributed by atoms with E-state index in [9.17, 15) is 9.59 Å². The Bertz CT molecular complexity index is 1210. The molecule has 0 spiro atoms. The molecule has 156 valence electrons. The van der Waals surface area contributed by atoms with E-state index in [2.05, 4.69) is 20.5 Å². The third kappa shape index (κ3) is 3.12. The van der Waals surface area contributed by atoms with Crippen LogP contribution in [0.1, 0.15) is 11.5 Å². The zero-order chi connectivity index (χ0) is 21.5. The van der Waals surface area contributed by atoms with Gasteiger partial charge in [0.1, 0.15) is 12.3 Å². The first-order valence-corrected chi connectivity index (χ1v) is 9.64. The summed E-state index contributed by atoms with van der Waals surface area (Å²) in [5, 5.41) is 13.5. The maximum Gasteiger partial charge on any atom is 0.263 e. The van der Waals surface area contributed by atoms with Gasteiger partial charge in [0, 0.05) is 11.6 Å². The molecule has 2 aromatic carbocycles. The molecule has 5 rings (SSSR count). The summed E-state index contributed by atoms with van der Waals surface area (Å²) in [5.74, 6) is 0.432. The van der Waals surface area contributed by atoms with Crippen molar-refractivity contribution in [3.63, 3.8) is 0 Å². The van der Waals surface area contributed by atoms with E-state index in [1.165, 1.54) is 12.1 Å². The van der Waals surface area contributed by atoms with Gasteiger partial charge in [0.15, 0.2) is 12.1 Å². The van der Waals surface area contributed by atoms with E-state index in [1.54, 1.807) is 24.3 Å². The van der Waals surface area contributed by atoms with Crippen molar-refractivity contribution in [1.29, 1.82) is 0 Å². The van der Waals surface area contributed by atoms with E-state index in [4.69, 9.17) is 9.26 Å². The molecule has 3 heterocycles. The summed E-state index contributed by atoms with van der Waals surface area (Å²) in [6.45, 7) is 2.02. The Kier molecular flexibility index (Phi) is 4.46. The molecule has 31 heavy (non-hydrogen) atoms. The summed E-state index contributed by atoms with van der Waals surface area (Å²) in [4.78, 5) is 31.5. The fraction of sp³-hybridized carbons (Fsp3) is 0.238. The number of carbonyl (C=O) groups is 2. The smallest absolute Gasteiger partial charge is 0.263 e. The summed E-state index contributed by atoms with van der Waals surface area (Å²) in [7, 11) is 1.52. The Morgan fingerprint density at radius 1 is 1.10 bits per heavy atom. The normalized spacial score (nSPS) is 19.9. The van der Waals surface area contributed by atoms with Gasteiger partial charge < -0.3 is 9.26 Å². The SMILES string of the molecule is COc1cccc(N2C(=O)[C@H]3N=NN(Cc4nc(-c5ccccc5C)no4)[C@H]3C2=O)c1. The molecule has 0 saturated carbocycles. The Balaban J connectivity index is 1.37. The molecule has 1 saturated heterocycles. The molecule has 1 aromatic heterocycles. The quantitative estimate of drug-likeness (QED) is 0.585. The van der Waals surface area contributed by atoms with Gasteiger partial charge in [-0.1, -0.05) is 40.7 Å². The number of benzene rings is 2. The molecule has 10 heteroatoms. The van der Waals surface area contributed by atoms with Crippen LogP contribution < -0.4 is 9.64 Å². The fourth-order valence-electron chi connectivity index (χ4n) is 3.75. The predicted octanol–water partition coefficient (Wildman–Crippen LogP) is 2.55. The molecule has 0 radical (unpaired) electrons. The van der Waals surface area contributed by atoms with Crippen LogP contribution in [0.4, 0.5) is 5.69 Å². The molecule has 2 aliphatic rings. The number of hydrogen-bond donors (Lipinski definition) is 0. The number of hydrogen-bond acceptors (Lipinski definition) is 9. The van der Waals surface area contributed by atoms with Crippen LogP contribution in [0.2, 0.25) is 0 Å². The monoisotopic (exact) mass is 418 g/mol. The van der Waals surface area contributed by atoms with Gasteiger partial charge in [-0.2, -0.15) is 10.1 Å². The molecule has 2 aliphatic heterocycles. The Morgan fingerprint density at radius 3 is 2.74 bits per heavy atom. The van der Waals surface area contributed by atoms with Crippen molar-refractivity contribution in [3.05, 3.63) is 60.0 Å². The van der Waals surface area contributed by atoms with Gasteiger partial charge in [0.25, 0.3) is 11.8 Å².